The zero-order valence-corrected chi connectivity index (χ0v) is 15.4. The molecule has 3 rings (SSSR count). The molecule has 0 aromatic heterocycles. The largest absolute Gasteiger partial charge is 0.339 e. The Labute approximate surface area is 162 Å². The maximum Gasteiger partial charge on any atom is 0.219 e. The molecule has 27 heavy (non-hydrogen) atoms. The molecule has 1 aromatic rings. The van der Waals surface area contributed by atoms with Crippen LogP contribution in [-0.2, 0) is 4.79 Å². The lowest BCUT2D eigenvalue weighted by molar-refractivity contribution is -0.129. The van der Waals surface area contributed by atoms with E-state index in [1.807, 2.05) is 12.1 Å². The average molecular weight is 378 g/mol. The normalized spacial score (nSPS) is 26.0. The number of nitriles is 3. The number of nitrogens with zero attached hydrogens (tertiary/aromatic N) is 4. The fourth-order valence-corrected chi connectivity index (χ4v) is 4.39. The molecular formula is C20H16ClN5O. The van der Waals surface area contributed by atoms with E-state index in [0.717, 1.165) is 0 Å². The highest BCUT2D eigenvalue weighted by molar-refractivity contribution is 6.31. The van der Waals surface area contributed by atoms with E-state index in [0.29, 0.717) is 22.7 Å². The van der Waals surface area contributed by atoms with E-state index >= 15 is 0 Å². The van der Waals surface area contributed by atoms with Gasteiger partial charge in [0.2, 0.25) is 5.91 Å². The number of hydrogen-bond acceptors (Lipinski definition) is 5. The molecule has 0 spiro atoms. The van der Waals surface area contributed by atoms with Gasteiger partial charge in [-0.25, -0.2) is 0 Å². The fraction of sp³-hybridized carbons (Fsp3) is 0.350. The van der Waals surface area contributed by atoms with Crippen LogP contribution in [0.5, 0.6) is 0 Å². The molecule has 1 heterocycles. The van der Waals surface area contributed by atoms with Gasteiger partial charge < -0.3 is 10.3 Å². The van der Waals surface area contributed by atoms with E-state index in [4.69, 9.17) is 17.0 Å². The third-order valence-electron chi connectivity index (χ3n) is 5.48. The number of carbonyl (C=O) groups excluding carboxylic acids is 1. The van der Waals surface area contributed by atoms with Crippen molar-refractivity contribution in [1.29, 1.82) is 21.2 Å². The Hall–Kier alpha value is -3.14. The number of carbonyl (C=O) groups is 1. The molecule has 1 aliphatic heterocycles. The summed E-state index contributed by atoms with van der Waals surface area (Å²) < 4.78 is 0. The predicted octanol–water partition coefficient (Wildman–Crippen LogP) is 3.04. The van der Waals surface area contributed by atoms with Crippen molar-refractivity contribution < 1.29 is 4.79 Å². The van der Waals surface area contributed by atoms with Crippen LogP contribution < -0.4 is 0 Å². The maximum atomic E-state index is 11.9. The van der Waals surface area contributed by atoms with Crippen LogP contribution in [0.3, 0.4) is 0 Å². The highest BCUT2D eigenvalue weighted by atomic mass is 35.5. The van der Waals surface area contributed by atoms with Crippen molar-refractivity contribution in [2.24, 2.45) is 17.3 Å². The number of hydrogen-bond donors (Lipinski definition) is 1. The third kappa shape index (κ3) is 2.69. The smallest absolute Gasteiger partial charge is 0.219 e. The van der Waals surface area contributed by atoms with E-state index in [1.54, 1.807) is 35.2 Å². The molecule has 0 radical (unpaired) electrons. The fourth-order valence-electron chi connectivity index (χ4n) is 4.14. The van der Waals surface area contributed by atoms with E-state index in [9.17, 15) is 20.6 Å². The molecule has 1 fully saturated rings. The molecule has 0 bridgehead atoms. The van der Waals surface area contributed by atoms with Crippen LogP contribution in [0.1, 0.15) is 18.4 Å². The Morgan fingerprint density at radius 2 is 1.96 bits per heavy atom. The quantitative estimate of drug-likeness (QED) is 0.757. The topological polar surface area (TPSA) is 116 Å². The zero-order chi connectivity index (χ0) is 19.8. The van der Waals surface area contributed by atoms with Gasteiger partial charge in [0.1, 0.15) is 5.92 Å². The molecule has 1 amide bonds. The summed E-state index contributed by atoms with van der Waals surface area (Å²) in [5, 5.41) is 38.5. The van der Waals surface area contributed by atoms with Crippen molar-refractivity contribution >= 4 is 23.2 Å². The Kier molecular flexibility index (Phi) is 4.75. The maximum absolute atomic E-state index is 11.9. The molecule has 1 N–H and O–H groups in total. The van der Waals surface area contributed by atoms with E-state index in [1.165, 1.54) is 6.92 Å². The number of fused-ring (bicyclic) bond motifs is 1. The van der Waals surface area contributed by atoms with Gasteiger partial charge in [0.15, 0.2) is 5.41 Å². The molecule has 1 unspecified atom stereocenters. The molecule has 134 valence electrons. The number of nitrogens with one attached hydrogen (secondary N) is 1. The van der Waals surface area contributed by atoms with Crippen LogP contribution in [-0.4, -0.2) is 29.6 Å². The van der Waals surface area contributed by atoms with Crippen molar-refractivity contribution in [3.05, 3.63) is 46.5 Å². The van der Waals surface area contributed by atoms with E-state index < -0.39 is 23.2 Å². The van der Waals surface area contributed by atoms with Crippen molar-refractivity contribution in [3.63, 3.8) is 0 Å². The van der Waals surface area contributed by atoms with Gasteiger partial charge in [-0.1, -0.05) is 35.9 Å². The summed E-state index contributed by atoms with van der Waals surface area (Å²) in [5.41, 5.74) is -0.790. The van der Waals surface area contributed by atoms with Gasteiger partial charge in [-0.2, -0.15) is 15.8 Å². The first-order valence-corrected chi connectivity index (χ1v) is 8.80. The van der Waals surface area contributed by atoms with Gasteiger partial charge in [0.25, 0.3) is 0 Å². The van der Waals surface area contributed by atoms with Gasteiger partial charge in [-0.15, -0.1) is 0 Å². The summed E-state index contributed by atoms with van der Waals surface area (Å²) >= 11 is 6.39. The van der Waals surface area contributed by atoms with Gasteiger partial charge in [-0.05, 0) is 17.2 Å². The Morgan fingerprint density at radius 1 is 1.30 bits per heavy atom. The summed E-state index contributed by atoms with van der Waals surface area (Å²) in [5.74, 6) is -2.27. The monoisotopic (exact) mass is 377 g/mol. The number of halogens is 1. The molecule has 1 aromatic carbocycles. The first-order valence-electron chi connectivity index (χ1n) is 8.42. The molecular weight excluding hydrogens is 362 g/mol. The Morgan fingerprint density at radius 3 is 2.52 bits per heavy atom. The van der Waals surface area contributed by atoms with Crippen molar-refractivity contribution in [3.8, 4) is 18.2 Å². The van der Waals surface area contributed by atoms with Crippen molar-refractivity contribution in [2.45, 2.75) is 12.8 Å². The first kappa shape index (κ1) is 18.6. The first-order chi connectivity index (χ1) is 12.9. The van der Waals surface area contributed by atoms with Crippen LogP contribution in [0.25, 0.3) is 0 Å². The minimum absolute atomic E-state index is 0.128. The van der Waals surface area contributed by atoms with Crippen molar-refractivity contribution in [1.82, 2.24) is 4.90 Å². The second kappa shape index (κ2) is 6.88. The van der Waals surface area contributed by atoms with E-state index in [-0.39, 0.29) is 18.2 Å². The van der Waals surface area contributed by atoms with Crippen LogP contribution in [0.15, 0.2) is 35.9 Å². The molecule has 2 aliphatic rings. The van der Waals surface area contributed by atoms with Crippen LogP contribution in [0.2, 0.25) is 5.02 Å². The summed E-state index contributed by atoms with van der Waals surface area (Å²) in [6, 6.07) is 13.0. The SMILES string of the molecule is CC(=O)N1CC=C2C(C#N)C(=N)C(C#N)(C#N)[C@H](c3ccccc3Cl)[C@H]2C1. The standard InChI is InChI=1S/C20H16ClN5O/c1-12(27)26-7-6-13-15(8-22)19(25)20(10-23,11-24)18(16(13)9-26)14-4-2-3-5-17(14)21/h2-6,15-16,18,25H,7,9H2,1H3/t15?,16-,18+/m0/s1. The van der Waals surface area contributed by atoms with Crippen LogP contribution >= 0.6 is 11.6 Å². The minimum Gasteiger partial charge on any atom is -0.339 e. The lowest BCUT2D eigenvalue weighted by Gasteiger charge is -2.47. The molecule has 3 atom stereocenters. The molecule has 0 saturated heterocycles. The van der Waals surface area contributed by atoms with Crippen LogP contribution in [0.4, 0.5) is 0 Å². The highest BCUT2D eigenvalue weighted by Gasteiger charge is 2.58. The lowest BCUT2D eigenvalue weighted by atomic mass is 9.54. The molecule has 7 heteroatoms. The van der Waals surface area contributed by atoms with Gasteiger partial charge >= 0.3 is 0 Å². The second-order valence-electron chi connectivity index (χ2n) is 6.74. The number of amides is 1. The molecule has 6 nitrogen and oxygen atoms in total. The zero-order valence-electron chi connectivity index (χ0n) is 14.6. The number of benzene rings is 1. The molecule has 1 aliphatic carbocycles. The number of rotatable bonds is 1. The predicted molar refractivity (Wildman–Crippen MR) is 98.5 cm³/mol. The van der Waals surface area contributed by atoms with Gasteiger partial charge in [0, 0.05) is 36.9 Å². The Balaban J connectivity index is 2.29. The van der Waals surface area contributed by atoms with Gasteiger partial charge in [-0.3, -0.25) is 4.79 Å². The summed E-state index contributed by atoms with van der Waals surface area (Å²) in [4.78, 5) is 13.5. The van der Waals surface area contributed by atoms with Crippen molar-refractivity contribution in [2.75, 3.05) is 13.1 Å². The summed E-state index contributed by atoms with van der Waals surface area (Å²) in [6.45, 7) is 2.07. The summed E-state index contributed by atoms with van der Waals surface area (Å²) in [6.07, 6.45) is 1.78. The molecule has 1 saturated carbocycles. The Bertz CT molecular complexity index is 963. The minimum atomic E-state index is -1.83. The van der Waals surface area contributed by atoms with Crippen LogP contribution in [0, 0.1) is 56.7 Å². The average Bonchev–Trinajstić information content (AvgIpc) is 2.67. The van der Waals surface area contributed by atoms with Gasteiger partial charge in [0.05, 0.1) is 23.9 Å². The second-order valence-corrected chi connectivity index (χ2v) is 7.15. The van der Waals surface area contributed by atoms with E-state index in [2.05, 4.69) is 6.07 Å². The third-order valence-corrected chi connectivity index (χ3v) is 5.82. The lowest BCUT2D eigenvalue weighted by Crippen LogP contribution is -2.53. The summed E-state index contributed by atoms with van der Waals surface area (Å²) in [7, 11) is 0. The highest BCUT2D eigenvalue weighted by Crippen LogP contribution is 2.54.